The number of ether oxygens (including phenoxy) is 3. The number of nitrogens with zero attached hydrogens (tertiary/aromatic N) is 3. The smallest absolute Gasteiger partial charge is 0.283 e. The number of hydrazone groups is 1. The number of halogens is 1. The first-order chi connectivity index (χ1) is 16.8. The van der Waals surface area contributed by atoms with Crippen LogP contribution < -0.4 is 14.2 Å². The molecule has 0 radical (unpaired) electrons. The standard InChI is InChI=1S/C25H25ClN4O4S/c1-5-21-29-30-23(27)18(24(31)28-25(30)35-21)11-16-12-19(26)22(20(13-16)32-4)34-7-6-33-17-9-14(2)8-15(3)10-17/h8-13,27H,5-7H2,1-4H3/b18-11-,27-23?. The highest BCUT2D eigenvalue weighted by Gasteiger charge is 2.35. The number of hydrogen-bond acceptors (Lipinski definition) is 7. The Morgan fingerprint density at radius 3 is 2.51 bits per heavy atom. The molecule has 1 amide bonds. The lowest BCUT2D eigenvalue weighted by Crippen LogP contribution is -2.35. The molecule has 4 rings (SSSR count). The van der Waals surface area contributed by atoms with E-state index in [2.05, 4.69) is 16.2 Å². The first-order valence-corrected chi connectivity index (χ1v) is 12.2. The Labute approximate surface area is 213 Å². The number of nitrogens with one attached hydrogen (secondary N) is 1. The topological polar surface area (TPSA) is 96.6 Å². The van der Waals surface area contributed by atoms with E-state index in [-0.39, 0.29) is 18.0 Å². The quantitative estimate of drug-likeness (QED) is 0.373. The van der Waals surface area contributed by atoms with E-state index in [1.54, 1.807) is 18.2 Å². The Morgan fingerprint density at radius 2 is 1.83 bits per heavy atom. The normalized spacial score (nSPS) is 16.3. The molecule has 2 aliphatic heterocycles. The van der Waals surface area contributed by atoms with Gasteiger partial charge in [-0.15, -0.1) is 0 Å². The molecule has 182 valence electrons. The molecule has 35 heavy (non-hydrogen) atoms. The Bertz CT molecular complexity index is 1270. The minimum atomic E-state index is -0.500. The summed E-state index contributed by atoms with van der Waals surface area (Å²) in [5, 5.41) is 15.7. The molecule has 0 unspecified atom stereocenters. The van der Waals surface area contributed by atoms with Crippen molar-refractivity contribution in [1.82, 2.24) is 5.01 Å². The van der Waals surface area contributed by atoms with Gasteiger partial charge in [-0.1, -0.05) is 24.6 Å². The molecule has 0 bridgehead atoms. The maximum atomic E-state index is 12.6. The number of amides is 1. The van der Waals surface area contributed by atoms with Crippen LogP contribution in [0.25, 0.3) is 6.08 Å². The number of methoxy groups -OCH3 is 1. The van der Waals surface area contributed by atoms with Crippen molar-refractivity contribution in [2.75, 3.05) is 20.3 Å². The number of rotatable bonds is 8. The van der Waals surface area contributed by atoms with Crippen LogP contribution in [0.4, 0.5) is 0 Å². The van der Waals surface area contributed by atoms with Gasteiger partial charge < -0.3 is 14.2 Å². The van der Waals surface area contributed by atoms with Gasteiger partial charge in [-0.05, 0) is 79.1 Å². The summed E-state index contributed by atoms with van der Waals surface area (Å²) in [6.07, 6.45) is 2.25. The van der Waals surface area contributed by atoms with Crippen LogP contribution in [0, 0.1) is 19.3 Å². The minimum Gasteiger partial charge on any atom is -0.493 e. The third-order valence-electron chi connectivity index (χ3n) is 5.16. The molecule has 0 aliphatic carbocycles. The lowest BCUT2D eigenvalue weighted by Gasteiger charge is -2.20. The monoisotopic (exact) mass is 512 g/mol. The first kappa shape index (κ1) is 24.8. The number of aryl methyl sites for hydroxylation is 2. The average Bonchev–Trinajstić information content (AvgIpc) is 3.23. The zero-order valence-corrected chi connectivity index (χ0v) is 21.4. The summed E-state index contributed by atoms with van der Waals surface area (Å²) < 4.78 is 17.1. The number of carbonyl (C=O) groups is 1. The highest BCUT2D eigenvalue weighted by Crippen LogP contribution is 2.37. The lowest BCUT2D eigenvalue weighted by atomic mass is 10.1. The molecule has 0 fully saturated rings. The SMILES string of the molecule is CCC1=NN2C(=N)/C(=C/c3cc(Cl)c(OCCOc4cc(C)cc(C)c4)c(OC)c3)C(=O)N=C2S1. The van der Waals surface area contributed by atoms with Crippen molar-refractivity contribution in [2.24, 2.45) is 10.1 Å². The van der Waals surface area contributed by atoms with E-state index < -0.39 is 5.91 Å². The van der Waals surface area contributed by atoms with Gasteiger partial charge in [0.15, 0.2) is 17.3 Å². The number of fused-ring (bicyclic) bond motifs is 1. The first-order valence-electron chi connectivity index (χ1n) is 11.0. The predicted molar refractivity (Wildman–Crippen MR) is 140 cm³/mol. The van der Waals surface area contributed by atoms with Gasteiger partial charge in [0.05, 0.1) is 17.7 Å². The van der Waals surface area contributed by atoms with E-state index in [1.807, 2.05) is 32.9 Å². The lowest BCUT2D eigenvalue weighted by molar-refractivity contribution is -0.114. The molecule has 2 aromatic rings. The van der Waals surface area contributed by atoms with Gasteiger partial charge in [-0.25, -0.2) is 0 Å². The van der Waals surface area contributed by atoms with Crippen molar-refractivity contribution in [1.29, 1.82) is 5.41 Å². The van der Waals surface area contributed by atoms with Crippen LogP contribution in [0.1, 0.15) is 30.0 Å². The van der Waals surface area contributed by atoms with E-state index in [9.17, 15) is 4.79 Å². The van der Waals surface area contributed by atoms with Gasteiger partial charge in [-0.3, -0.25) is 10.2 Å². The highest BCUT2D eigenvalue weighted by atomic mass is 35.5. The fourth-order valence-electron chi connectivity index (χ4n) is 3.62. The summed E-state index contributed by atoms with van der Waals surface area (Å²) in [6, 6.07) is 9.36. The second-order valence-corrected chi connectivity index (χ2v) is 9.37. The molecule has 8 nitrogen and oxygen atoms in total. The zero-order valence-electron chi connectivity index (χ0n) is 19.8. The van der Waals surface area contributed by atoms with Crippen molar-refractivity contribution in [3.8, 4) is 17.2 Å². The molecule has 1 N–H and O–H groups in total. The van der Waals surface area contributed by atoms with E-state index in [1.165, 1.54) is 23.9 Å². The molecule has 0 atom stereocenters. The molecule has 2 aliphatic rings. The van der Waals surface area contributed by atoms with Gasteiger partial charge in [0, 0.05) is 0 Å². The number of thioether (sulfide) groups is 1. The molecular formula is C25H25ClN4O4S. The summed E-state index contributed by atoms with van der Waals surface area (Å²) in [7, 11) is 1.51. The van der Waals surface area contributed by atoms with Gasteiger partial charge >= 0.3 is 0 Å². The van der Waals surface area contributed by atoms with Gasteiger partial charge in [0.2, 0.25) is 5.17 Å². The van der Waals surface area contributed by atoms with E-state index in [0.717, 1.165) is 21.9 Å². The number of aliphatic imine (C=N–C) groups is 1. The molecule has 0 aromatic heterocycles. The van der Waals surface area contributed by atoms with Crippen molar-refractivity contribution < 1.29 is 19.0 Å². The largest absolute Gasteiger partial charge is 0.493 e. The molecule has 2 heterocycles. The van der Waals surface area contributed by atoms with Crippen LogP contribution in [0.5, 0.6) is 17.2 Å². The second-order valence-electron chi connectivity index (χ2n) is 7.92. The second kappa shape index (κ2) is 10.5. The molecule has 0 saturated carbocycles. The Hall–Kier alpha value is -3.30. The molecule has 0 spiro atoms. The summed E-state index contributed by atoms with van der Waals surface area (Å²) in [4.78, 5) is 16.7. The molecule has 10 heteroatoms. The van der Waals surface area contributed by atoms with Crippen LogP contribution in [-0.4, -0.2) is 47.3 Å². The minimum absolute atomic E-state index is 0.0325. The van der Waals surface area contributed by atoms with E-state index >= 15 is 0 Å². The number of carbonyl (C=O) groups excluding carboxylic acids is 1. The predicted octanol–water partition coefficient (Wildman–Crippen LogP) is 5.45. The van der Waals surface area contributed by atoms with E-state index in [4.69, 9.17) is 31.2 Å². The van der Waals surface area contributed by atoms with Crippen molar-refractivity contribution in [2.45, 2.75) is 27.2 Å². The van der Waals surface area contributed by atoms with Crippen molar-refractivity contribution in [3.63, 3.8) is 0 Å². The summed E-state index contributed by atoms with van der Waals surface area (Å²) >= 11 is 7.79. The zero-order chi connectivity index (χ0) is 25.1. The van der Waals surface area contributed by atoms with Crippen molar-refractivity contribution in [3.05, 3.63) is 57.6 Å². The van der Waals surface area contributed by atoms with Crippen LogP contribution in [-0.2, 0) is 4.79 Å². The molecule has 0 saturated heterocycles. The van der Waals surface area contributed by atoms with Crippen LogP contribution in [0.2, 0.25) is 5.02 Å². The summed E-state index contributed by atoms with van der Waals surface area (Å²) in [5.74, 6) is 1.02. The van der Waals surface area contributed by atoms with Gasteiger partial charge in [-0.2, -0.15) is 15.1 Å². The fraction of sp³-hybridized carbons (Fsp3) is 0.280. The van der Waals surface area contributed by atoms with Crippen molar-refractivity contribution >= 4 is 51.4 Å². The maximum Gasteiger partial charge on any atom is 0.283 e. The van der Waals surface area contributed by atoms with Crippen LogP contribution in [0.3, 0.4) is 0 Å². The van der Waals surface area contributed by atoms with Gasteiger partial charge in [0.1, 0.15) is 24.0 Å². The Balaban J connectivity index is 1.49. The molecular weight excluding hydrogens is 488 g/mol. The number of hydrogen-bond donors (Lipinski definition) is 1. The fourth-order valence-corrected chi connectivity index (χ4v) is 4.72. The summed E-state index contributed by atoms with van der Waals surface area (Å²) in [6.45, 7) is 6.58. The number of benzene rings is 2. The highest BCUT2D eigenvalue weighted by molar-refractivity contribution is 8.26. The number of amidine groups is 2. The Morgan fingerprint density at radius 1 is 1.11 bits per heavy atom. The maximum absolute atomic E-state index is 12.6. The van der Waals surface area contributed by atoms with Crippen LogP contribution >= 0.6 is 23.4 Å². The Kier molecular flexibility index (Phi) is 7.47. The third kappa shape index (κ3) is 5.52. The van der Waals surface area contributed by atoms with Gasteiger partial charge in [0.25, 0.3) is 5.91 Å². The molecule has 2 aromatic carbocycles. The van der Waals surface area contributed by atoms with E-state index in [0.29, 0.717) is 40.3 Å². The third-order valence-corrected chi connectivity index (χ3v) is 6.49. The average molecular weight is 513 g/mol. The summed E-state index contributed by atoms with van der Waals surface area (Å²) in [5.41, 5.74) is 2.94. The van der Waals surface area contributed by atoms with Crippen LogP contribution in [0.15, 0.2) is 46.0 Å².